The van der Waals surface area contributed by atoms with E-state index < -0.39 is 0 Å². The van der Waals surface area contributed by atoms with Gasteiger partial charge in [-0.15, -0.1) is 0 Å². The zero-order valence-electron chi connectivity index (χ0n) is 22.5. The van der Waals surface area contributed by atoms with Crippen LogP contribution in [0.4, 0.5) is 0 Å². The molecule has 6 aromatic carbocycles. The van der Waals surface area contributed by atoms with Gasteiger partial charge in [0.25, 0.3) is 0 Å². The number of benzene rings is 6. The number of para-hydroxylation sites is 3. The van der Waals surface area contributed by atoms with E-state index in [2.05, 4.69) is 120 Å². The molecule has 4 nitrogen and oxygen atoms in total. The summed E-state index contributed by atoms with van der Waals surface area (Å²) in [6.07, 6.45) is 0. The smallest absolute Gasteiger partial charge is 0.235 e. The molecule has 0 aliphatic rings. The second-order valence-electron chi connectivity index (χ2n) is 10.7. The maximum absolute atomic E-state index is 6.31. The average molecular weight is 538 g/mol. The highest BCUT2D eigenvalue weighted by Crippen LogP contribution is 2.38. The highest BCUT2D eigenvalue weighted by Gasteiger charge is 2.19. The number of hydrogen-bond acceptors (Lipinski definition) is 3. The van der Waals surface area contributed by atoms with Gasteiger partial charge in [-0.3, -0.25) is 4.57 Å². The largest absolute Gasteiger partial charge is 0.456 e. The SMILES string of the molecule is c1ccc(-c2cccc(-c3nc(-n4c5ccccc5c5cc6c(cc54)oc4ccccc46)nc4ccccc34)c2)cc1. The molecule has 0 bridgehead atoms. The molecule has 0 saturated heterocycles. The third kappa shape index (κ3) is 3.42. The summed E-state index contributed by atoms with van der Waals surface area (Å²) in [6.45, 7) is 0. The lowest BCUT2D eigenvalue weighted by atomic mass is 10.00. The number of furan rings is 1. The van der Waals surface area contributed by atoms with Gasteiger partial charge in [0.05, 0.1) is 22.2 Å². The monoisotopic (exact) mass is 537 g/mol. The van der Waals surface area contributed by atoms with Crippen LogP contribution in [0.3, 0.4) is 0 Å². The van der Waals surface area contributed by atoms with E-state index in [1.165, 1.54) is 5.56 Å². The fraction of sp³-hybridized carbons (Fsp3) is 0. The van der Waals surface area contributed by atoms with Gasteiger partial charge >= 0.3 is 0 Å². The second-order valence-corrected chi connectivity index (χ2v) is 10.7. The molecule has 0 atom stereocenters. The second kappa shape index (κ2) is 8.88. The van der Waals surface area contributed by atoms with Crippen molar-refractivity contribution in [3.8, 4) is 28.3 Å². The Labute approximate surface area is 241 Å². The molecule has 0 N–H and O–H groups in total. The predicted molar refractivity (Wildman–Crippen MR) is 172 cm³/mol. The Balaban J connectivity index is 1.35. The van der Waals surface area contributed by atoms with Gasteiger partial charge in [-0.05, 0) is 41.5 Å². The molecule has 0 saturated carbocycles. The quantitative estimate of drug-likeness (QED) is 0.225. The lowest BCUT2D eigenvalue weighted by Gasteiger charge is -2.12. The van der Waals surface area contributed by atoms with E-state index in [0.717, 1.165) is 71.5 Å². The molecule has 0 amide bonds. The van der Waals surface area contributed by atoms with Gasteiger partial charge in [0.15, 0.2) is 0 Å². The Hall–Kier alpha value is -5.74. The summed E-state index contributed by atoms with van der Waals surface area (Å²) in [7, 11) is 0. The van der Waals surface area contributed by atoms with Crippen LogP contribution in [-0.2, 0) is 0 Å². The van der Waals surface area contributed by atoms with E-state index in [-0.39, 0.29) is 0 Å². The topological polar surface area (TPSA) is 43.9 Å². The van der Waals surface area contributed by atoms with Gasteiger partial charge in [0.1, 0.15) is 11.2 Å². The van der Waals surface area contributed by atoms with Gasteiger partial charge in [0.2, 0.25) is 5.95 Å². The van der Waals surface area contributed by atoms with Gasteiger partial charge < -0.3 is 4.42 Å². The zero-order valence-corrected chi connectivity index (χ0v) is 22.5. The number of rotatable bonds is 3. The van der Waals surface area contributed by atoms with Crippen molar-refractivity contribution in [3.05, 3.63) is 140 Å². The van der Waals surface area contributed by atoms with Crippen LogP contribution in [0.1, 0.15) is 0 Å². The van der Waals surface area contributed by atoms with Crippen LogP contribution < -0.4 is 0 Å². The summed E-state index contributed by atoms with van der Waals surface area (Å²) in [5, 5.41) is 5.55. The molecule has 42 heavy (non-hydrogen) atoms. The average Bonchev–Trinajstić information content (AvgIpc) is 3.58. The Kier molecular flexibility index (Phi) is 4.87. The van der Waals surface area contributed by atoms with Crippen molar-refractivity contribution < 1.29 is 4.42 Å². The maximum atomic E-state index is 6.31. The van der Waals surface area contributed by atoms with Crippen molar-refractivity contribution in [2.24, 2.45) is 0 Å². The lowest BCUT2D eigenvalue weighted by Crippen LogP contribution is -2.03. The molecule has 196 valence electrons. The standard InChI is InChI=1S/C38H23N3O/c1-2-11-24(12-3-1)25-13-10-14-26(21-25)37-29-17-4-7-18-32(29)39-38(40-37)41-33-19-8-5-15-27(33)30-22-31-28-16-6-9-20-35(28)42-36(31)23-34(30)41/h1-23H. The summed E-state index contributed by atoms with van der Waals surface area (Å²) in [5.74, 6) is 0.635. The van der Waals surface area contributed by atoms with Crippen LogP contribution in [-0.4, -0.2) is 14.5 Å². The van der Waals surface area contributed by atoms with Crippen LogP contribution >= 0.6 is 0 Å². The molecule has 0 spiro atoms. The first-order valence-corrected chi connectivity index (χ1v) is 14.1. The fourth-order valence-corrected chi connectivity index (χ4v) is 6.26. The fourth-order valence-electron chi connectivity index (χ4n) is 6.26. The lowest BCUT2D eigenvalue weighted by molar-refractivity contribution is 0.669. The summed E-state index contributed by atoms with van der Waals surface area (Å²) in [6, 6.07) is 48.4. The third-order valence-electron chi connectivity index (χ3n) is 8.21. The number of hydrogen-bond donors (Lipinski definition) is 0. The minimum atomic E-state index is 0.635. The van der Waals surface area contributed by atoms with Crippen molar-refractivity contribution in [2.75, 3.05) is 0 Å². The normalized spacial score (nSPS) is 11.8. The molecule has 4 heteroatoms. The molecule has 3 aromatic heterocycles. The van der Waals surface area contributed by atoms with Crippen molar-refractivity contribution in [2.45, 2.75) is 0 Å². The van der Waals surface area contributed by atoms with Crippen LogP contribution in [0.25, 0.3) is 83.0 Å². The van der Waals surface area contributed by atoms with Crippen LogP contribution in [0.2, 0.25) is 0 Å². The summed E-state index contributed by atoms with van der Waals surface area (Å²) in [4.78, 5) is 10.4. The summed E-state index contributed by atoms with van der Waals surface area (Å²) >= 11 is 0. The van der Waals surface area contributed by atoms with Crippen LogP contribution in [0.15, 0.2) is 144 Å². The number of nitrogens with zero attached hydrogens (tertiary/aromatic N) is 3. The number of aromatic nitrogens is 3. The van der Waals surface area contributed by atoms with Gasteiger partial charge in [-0.1, -0.05) is 103 Å². The number of fused-ring (bicyclic) bond motifs is 7. The molecule has 0 aliphatic carbocycles. The first-order chi connectivity index (χ1) is 20.8. The first kappa shape index (κ1) is 23.0. The van der Waals surface area contributed by atoms with E-state index in [1.807, 2.05) is 24.3 Å². The molecule has 9 aromatic rings. The van der Waals surface area contributed by atoms with Crippen LogP contribution in [0.5, 0.6) is 0 Å². The third-order valence-corrected chi connectivity index (χ3v) is 8.21. The van der Waals surface area contributed by atoms with Crippen molar-refractivity contribution >= 4 is 54.6 Å². The van der Waals surface area contributed by atoms with E-state index in [0.29, 0.717) is 5.95 Å². The van der Waals surface area contributed by atoms with Gasteiger partial charge in [0, 0.05) is 38.6 Å². The highest BCUT2D eigenvalue weighted by atomic mass is 16.3. The van der Waals surface area contributed by atoms with E-state index in [9.17, 15) is 0 Å². The Morgan fingerprint density at radius 3 is 2.05 bits per heavy atom. The summed E-state index contributed by atoms with van der Waals surface area (Å²) in [5.41, 5.74) is 9.00. The van der Waals surface area contributed by atoms with Crippen molar-refractivity contribution in [1.29, 1.82) is 0 Å². The first-order valence-electron chi connectivity index (χ1n) is 14.1. The molecule has 0 unspecified atom stereocenters. The minimum absolute atomic E-state index is 0.635. The molecule has 9 rings (SSSR count). The molecular weight excluding hydrogens is 514 g/mol. The zero-order chi connectivity index (χ0) is 27.6. The van der Waals surface area contributed by atoms with Gasteiger partial charge in [-0.2, -0.15) is 0 Å². The molecule has 0 radical (unpaired) electrons. The van der Waals surface area contributed by atoms with Crippen LogP contribution in [0, 0.1) is 0 Å². The van der Waals surface area contributed by atoms with E-state index in [1.54, 1.807) is 0 Å². The Bertz CT molecular complexity index is 2470. The van der Waals surface area contributed by atoms with E-state index in [4.69, 9.17) is 14.4 Å². The molecule has 3 heterocycles. The van der Waals surface area contributed by atoms with E-state index >= 15 is 0 Å². The molecule has 0 fully saturated rings. The highest BCUT2D eigenvalue weighted by molar-refractivity contribution is 6.17. The molecular formula is C38H23N3O. The Morgan fingerprint density at radius 2 is 1.14 bits per heavy atom. The molecule has 0 aliphatic heterocycles. The maximum Gasteiger partial charge on any atom is 0.235 e. The van der Waals surface area contributed by atoms with Crippen molar-refractivity contribution in [3.63, 3.8) is 0 Å². The van der Waals surface area contributed by atoms with Crippen molar-refractivity contribution in [1.82, 2.24) is 14.5 Å². The summed E-state index contributed by atoms with van der Waals surface area (Å²) < 4.78 is 8.49. The minimum Gasteiger partial charge on any atom is -0.456 e. The Morgan fingerprint density at radius 1 is 0.429 bits per heavy atom. The predicted octanol–water partition coefficient (Wildman–Crippen LogP) is 9.96. The van der Waals surface area contributed by atoms with Gasteiger partial charge in [-0.25, -0.2) is 9.97 Å².